The van der Waals surface area contributed by atoms with Crippen molar-refractivity contribution < 1.29 is 0 Å². The van der Waals surface area contributed by atoms with E-state index in [1.165, 1.54) is 22.9 Å². The van der Waals surface area contributed by atoms with E-state index in [2.05, 4.69) is 72.8 Å². The van der Waals surface area contributed by atoms with Crippen LogP contribution in [0.15, 0.2) is 39.1 Å². The quantitative estimate of drug-likeness (QED) is 0.603. The molecular weight excluding hydrogens is 384 g/mol. The van der Waals surface area contributed by atoms with Gasteiger partial charge in [0.1, 0.15) is 0 Å². The fourth-order valence-electron chi connectivity index (χ4n) is 3.02. The van der Waals surface area contributed by atoms with Gasteiger partial charge < -0.3 is 10.2 Å². The van der Waals surface area contributed by atoms with E-state index in [4.69, 9.17) is 0 Å². The second-order valence-electron chi connectivity index (χ2n) is 6.37. The van der Waals surface area contributed by atoms with Crippen LogP contribution < -0.4 is 5.32 Å². The maximum absolute atomic E-state index is 4.54. The minimum Gasteiger partial charge on any atom is -0.355 e. The summed E-state index contributed by atoms with van der Waals surface area (Å²) < 4.78 is 1.20. The van der Waals surface area contributed by atoms with Crippen LogP contribution >= 0.6 is 27.3 Å². The predicted octanol–water partition coefficient (Wildman–Crippen LogP) is 3.95. The average Bonchev–Trinajstić information content (AvgIpc) is 3.24. The molecule has 0 spiro atoms. The van der Waals surface area contributed by atoms with Crippen LogP contribution in [-0.2, 0) is 12.0 Å². The second kappa shape index (κ2) is 7.23. The van der Waals surface area contributed by atoms with Crippen molar-refractivity contribution in [2.45, 2.75) is 31.7 Å². The molecule has 1 aliphatic carbocycles. The molecule has 128 valence electrons. The summed E-state index contributed by atoms with van der Waals surface area (Å²) in [5, 5.41) is 6.77. The number of hydrogen-bond donors (Lipinski definition) is 1. The molecule has 6 heteroatoms. The number of thiazole rings is 1. The number of halogens is 1. The summed E-state index contributed by atoms with van der Waals surface area (Å²) in [6.45, 7) is 3.71. The molecular formula is C18H23BrN4S. The zero-order valence-electron chi connectivity index (χ0n) is 14.3. The molecule has 0 radical (unpaired) electrons. The van der Waals surface area contributed by atoms with E-state index in [9.17, 15) is 0 Å². The van der Waals surface area contributed by atoms with Crippen molar-refractivity contribution in [2.75, 3.05) is 20.6 Å². The number of aliphatic imine (C=N–C) groups is 1. The van der Waals surface area contributed by atoms with Crippen LogP contribution in [0.1, 0.15) is 29.1 Å². The molecule has 4 nitrogen and oxygen atoms in total. The van der Waals surface area contributed by atoms with Gasteiger partial charge in [0.2, 0.25) is 0 Å². The molecule has 1 aromatic heterocycles. The van der Waals surface area contributed by atoms with E-state index in [1.807, 2.05) is 14.0 Å². The summed E-state index contributed by atoms with van der Waals surface area (Å²) in [6, 6.07) is 8.54. The summed E-state index contributed by atoms with van der Waals surface area (Å²) in [6.07, 6.45) is 2.43. The maximum atomic E-state index is 4.54. The first-order chi connectivity index (χ1) is 11.5. The van der Waals surface area contributed by atoms with E-state index in [0.29, 0.717) is 0 Å². The van der Waals surface area contributed by atoms with Gasteiger partial charge in [-0.05, 0) is 31.4 Å². The number of hydrogen-bond acceptors (Lipinski definition) is 3. The number of rotatable bonds is 5. The average molecular weight is 407 g/mol. The third-order valence-electron chi connectivity index (χ3n) is 4.52. The van der Waals surface area contributed by atoms with Gasteiger partial charge in [-0.25, -0.2) is 4.98 Å². The normalized spacial score (nSPS) is 16.1. The SMILES string of the molecule is CN=C(NCC1(c2ccccc2Br)CC1)N(C)Cc1csc(C)n1. The number of aromatic nitrogens is 1. The lowest BCUT2D eigenvalue weighted by atomic mass is 9.96. The Morgan fingerprint density at radius 2 is 2.17 bits per heavy atom. The van der Waals surface area contributed by atoms with E-state index in [0.717, 1.165) is 29.8 Å². The van der Waals surface area contributed by atoms with E-state index >= 15 is 0 Å². The Labute approximate surface area is 156 Å². The van der Waals surface area contributed by atoms with E-state index < -0.39 is 0 Å². The number of benzene rings is 1. The Morgan fingerprint density at radius 1 is 1.42 bits per heavy atom. The van der Waals surface area contributed by atoms with Gasteiger partial charge in [-0.1, -0.05) is 34.1 Å². The topological polar surface area (TPSA) is 40.5 Å². The largest absolute Gasteiger partial charge is 0.355 e. The van der Waals surface area contributed by atoms with Crippen molar-refractivity contribution in [2.24, 2.45) is 4.99 Å². The number of aryl methyl sites for hydroxylation is 1. The Hall–Kier alpha value is -1.40. The fraction of sp³-hybridized carbons (Fsp3) is 0.444. The number of guanidine groups is 1. The maximum Gasteiger partial charge on any atom is 0.193 e. The Balaban J connectivity index is 1.63. The van der Waals surface area contributed by atoms with Crippen LogP contribution in [0.25, 0.3) is 0 Å². The van der Waals surface area contributed by atoms with Crippen molar-refractivity contribution in [3.63, 3.8) is 0 Å². The van der Waals surface area contributed by atoms with Crippen LogP contribution in [0.5, 0.6) is 0 Å². The van der Waals surface area contributed by atoms with Crippen molar-refractivity contribution in [3.05, 3.63) is 50.4 Å². The molecule has 0 atom stereocenters. The third kappa shape index (κ3) is 3.81. The smallest absolute Gasteiger partial charge is 0.193 e. The zero-order chi connectivity index (χ0) is 17.2. The van der Waals surface area contributed by atoms with Crippen molar-refractivity contribution in [1.82, 2.24) is 15.2 Å². The monoisotopic (exact) mass is 406 g/mol. The standard InChI is InChI=1S/C18H23BrN4S/c1-13-22-14(11-24-13)10-23(3)17(20-2)21-12-18(8-9-18)15-6-4-5-7-16(15)19/h4-7,11H,8-10,12H2,1-3H3,(H,20,21). The fourth-order valence-corrected chi connectivity index (χ4v) is 4.32. The highest BCUT2D eigenvalue weighted by Gasteiger charge is 2.45. The summed E-state index contributed by atoms with van der Waals surface area (Å²) in [7, 11) is 3.89. The van der Waals surface area contributed by atoms with E-state index in [1.54, 1.807) is 11.3 Å². The lowest BCUT2D eigenvalue weighted by Crippen LogP contribution is -2.42. The first-order valence-electron chi connectivity index (χ1n) is 8.12. The first kappa shape index (κ1) is 17.4. The molecule has 0 aliphatic heterocycles. The van der Waals surface area contributed by atoms with Gasteiger partial charge in [0.05, 0.1) is 17.2 Å². The van der Waals surface area contributed by atoms with Gasteiger partial charge in [-0.15, -0.1) is 11.3 Å². The molecule has 1 saturated carbocycles. The first-order valence-corrected chi connectivity index (χ1v) is 9.79. The molecule has 24 heavy (non-hydrogen) atoms. The minimum atomic E-state index is 0.230. The predicted molar refractivity (Wildman–Crippen MR) is 105 cm³/mol. The van der Waals surface area contributed by atoms with Gasteiger partial charge in [0, 0.05) is 35.9 Å². The van der Waals surface area contributed by atoms with Crippen LogP contribution in [0.3, 0.4) is 0 Å². The summed E-state index contributed by atoms with van der Waals surface area (Å²) in [4.78, 5) is 11.1. The second-order valence-corrected chi connectivity index (χ2v) is 8.29. The highest BCUT2D eigenvalue weighted by atomic mass is 79.9. The lowest BCUT2D eigenvalue weighted by Gasteiger charge is -2.24. The number of nitrogens with zero attached hydrogens (tertiary/aromatic N) is 3. The van der Waals surface area contributed by atoms with Crippen LogP contribution in [0.4, 0.5) is 0 Å². The molecule has 1 aliphatic rings. The molecule has 0 amide bonds. The minimum absolute atomic E-state index is 0.230. The zero-order valence-corrected chi connectivity index (χ0v) is 16.7. The van der Waals surface area contributed by atoms with Crippen molar-refractivity contribution in [3.8, 4) is 0 Å². The molecule has 0 bridgehead atoms. The van der Waals surface area contributed by atoms with Gasteiger partial charge in [0.25, 0.3) is 0 Å². The number of nitrogens with one attached hydrogen (secondary N) is 1. The molecule has 1 heterocycles. The highest BCUT2D eigenvalue weighted by Crippen LogP contribution is 2.49. The van der Waals surface area contributed by atoms with Crippen molar-refractivity contribution >= 4 is 33.2 Å². The van der Waals surface area contributed by atoms with Gasteiger partial charge in [-0.2, -0.15) is 0 Å². The van der Waals surface area contributed by atoms with Gasteiger partial charge in [0.15, 0.2) is 5.96 Å². The molecule has 0 unspecified atom stereocenters. The van der Waals surface area contributed by atoms with Crippen LogP contribution in [-0.4, -0.2) is 36.5 Å². The summed E-state index contributed by atoms with van der Waals surface area (Å²) >= 11 is 5.39. The Morgan fingerprint density at radius 3 is 2.75 bits per heavy atom. The van der Waals surface area contributed by atoms with E-state index in [-0.39, 0.29) is 5.41 Å². The Bertz CT molecular complexity index is 736. The molecule has 1 aromatic carbocycles. The van der Waals surface area contributed by atoms with Crippen LogP contribution in [0.2, 0.25) is 0 Å². The molecule has 1 N–H and O–H groups in total. The molecule has 2 aromatic rings. The molecule has 0 saturated heterocycles. The summed E-state index contributed by atoms with van der Waals surface area (Å²) in [5.74, 6) is 0.916. The highest BCUT2D eigenvalue weighted by molar-refractivity contribution is 9.10. The molecule has 1 fully saturated rings. The van der Waals surface area contributed by atoms with Crippen LogP contribution in [0, 0.1) is 6.92 Å². The summed E-state index contributed by atoms with van der Waals surface area (Å²) in [5.41, 5.74) is 2.72. The molecule has 3 rings (SSSR count). The Kier molecular flexibility index (Phi) is 5.25. The van der Waals surface area contributed by atoms with Gasteiger partial charge >= 0.3 is 0 Å². The lowest BCUT2D eigenvalue weighted by molar-refractivity contribution is 0.464. The van der Waals surface area contributed by atoms with Crippen molar-refractivity contribution in [1.29, 1.82) is 0 Å². The third-order valence-corrected chi connectivity index (χ3v) is 6.04. The van der Waals surface area contributed by atoms with Gasteiger partial charge in [-0.3, -0.25) is 4.99 Å².